The molecule has 0 aromatic rings. The number of aliphatic hydroxyl groups excluding tert-OH is 1. The fourth-order valence-corrected chi connectivity index (χ4v) is 6.38. The molecular formula is C53H88O5. The Morgan fingerprint density at radius 1 is 0.397 bits per heavy atom. The van der Waals surface area contributed by atoms with Crippen LogP contribution in [0.2, 0.25) is 0 Å². The Balaban J connectivity index is 3.51. The summed E-state index contributed by atoms with van der Waals surface area (Å²) in [6.45, 7) is 3.84. The standard InChI is InChI=1S/C53H88O5/c1-3-5-7-9-11-13-15-17-18-19-20-21-22-23-24-25-26-27-28-29-30-31-32-33-34-36-38-40-42-44-46-48-53(56)58-51(49-54)50-57-52(55)47-45-43-41-39-37-35-16-14-12-10-8-6-4-2/h5-8,11-14,17-18,20-21,35,37,41,43,51,54H,3-4,9-10,15-16,19,22-34,36,38-40,42,44-50H2,1-2H3/b7-5-,8-6-,13-11-,14-12-,18-17-,21-20-,37-35-,43-41-. The lowest BCUT2D eigenvalue weighted by molar-refractivity contribution is -0.161. The van der Waals surface area contributed by atoms with E-state index >= 15 is 0 Å². The minimum Gasteiger partial charge on any atom is -0.462 e. The van der Waals surface area contributed by atoms with Crippen molar-refractivity contribution in [3.05, 3.63) is 97.2 Å². The summed E-state index contributed by atoms with van der Waals surface area (Å²) in [5, 5.41) is 9.58. The van der Waals surface area contributed by atoms with Crippen LogP contribution >= 0.6 is 0 Å². The van der Waals surface area contributed by atoms with Crippen LogP contribution in [0.1, 0.15) is 206 Å². The van der Waals surface area contributed by atoms with E-state index in [1.54, 1.807) is 0 Å². The minimum absolute atomic E-state index is 0.107. The zero-order valence-electron chi connectivity index (χ0n) is 37.5. The first-order valence-corrected chi connectivity index (χ1v) is 23.8. The van der Waals surface area contributed by atoms with Crippen molar-refractivity contribution in [3.8, 4) is 0 Å². The van der Waals surface area contributed by atoms with Crippen LogP contribution in [0.5, 0.6) is 0 Å². The summed E-state index contributed by atoms with van der Waals surface area (Å²) < 4.78 is 10.6. The highest BCUT2D eigenvalue weighted by molar-refractivity contribution is 5.70. The lowest BCUT2D eigenvalue weighted by atomic mass is 10.0. The molecule has 0 heterocycles. The van der Waals surface area contributed by atoms with E-state index in [0.29, 0.717) is 12.8 Å². The van der Waals surface area contributed by atoms with Gasteiger partial charge in [-0.2, -0.15) is 0 Å². The second-order valence-electron chi connectivity index (χ2n) is 15.4. The van der Waals surface area contributed by atoms with E-state index < -0.39 is 6.10 Å². The van der Waals surface area contributed by atoms with Crippen LogP contribution in [0, 0.1) is 0 Å². The molecule has 0 bridgehead atoms. The summed E-state index contributed by atoms with van der Waals surface area (Å²) in [4.78, 5) is 24.3. The van der Waals surface area contributed by atoms with Crippen molar-refractivity contribution in [2.45, 2.75) is 213 Å². The van der Waals surface area contributed by atoms with Crippen LogP contribution in [0.4, 0.5) is 0 Å². The fraction of sp³-hybridized carbons (Fsp3) is 0.660. The normalized spacial score (nSPS) is 13.1. The molecule has 5 heteroatoms. The molecular weight excluding hydrogens is 717 g/mol. The highest BCUT2D eigenvalue weighted by atomic mass is 16.6. The topological polar surface area (TPSA) is 72.8 Å². The predicted molar refractivity (Wildman–Crippen MR) is 251 cm³/mol. The first-order chi connectivity index (χ1) is 28.6. The number of carbonyl (C=O) groups is 2. The van der Waals surface area contributed by atoms with Crippen molar-refractivity contribution in [1.82, 2.24) is 0 Å². The molecule has 58 heavy (non-hydrogen) atoms. The van der Waals surface area contributed by atoms with E-state index in [0.717, 1.165) is 70.6 Å². The highest BCUT2D eigenvalue weighted by Crippen LogP contribution is 2.15. The predicted octanol–water partition coefficient (Wildman–Crippen LogP) is 15.6. The Morgan fingerprint density at radius 2 is 0.724 bits per heavy atom. The number of hydrogen-bond donors (Lipinski definition) is 1. The molecule has 1 N–H and O–H groups in total. The largest absolute Gasteiger partial charge is 0.462 e. The number of rotatable bonds is 42. The molecule has 0 aliphatic heterocycles. The third kappa shape index (κ3) is 45.5. The van der Waals surface area contributed by atoms with Crippen molar-refractivity contribution in [2.24, 2.45) is 0 Å². The van der Waals surface area contributed by atoms with Gasteiger partial charge in [0.15, 0.2) is 6.10 Å². The molecule has 0 rings (SSSR count). The van der Waals surface area contributed by atoms with Crippen molar-refractivity contribution in [2.75, 3.05) is 13.2 Å². The Morgan fingerprint density at radius 3 is 1.10 bits per heavy atom. The van der Waals surface area contributed by atoms with E-state index in [9.17, 15) is 14.7 Å². The molecule has 0 spiro atoms. The molecule has 0 amide bonds. The second-order valence-corrected chi connectivity index (χ2v) is 15.4. The molecule has 0 saturated carbocycles. The molecule has 1 unspecified atom stereocenters. The molecule has 0 radical (unpaired) electrons. The summed E-state index contributed by atoms with van der Waals surface area (Å²) in [5.41, 5.74) is 0. The van der Waals surface area contributed by atoms with Crippen molar-refractivity contribution in [3.63, 3.8) is 0 Å². The lowest BCUT2D eigenvalue weighted by Gasteiger charge is -2.15. The Labute approximate surface area is 358 Å². The van der Waals surface area contributed by atoms with Gasteiger partial charge in [0, 0.05) is 12.8 Å². The van der Waals surface area contributed by atoms with E-state index in [1.807, 2.05) is 12.2 Å². The van der Waals surface area contributed by atoms with Gasteiger partial charge in [0.1, 0.15) is 6.61 Å². The minimum atomic E-state index is -0.804. The van der Waals surface area contributed by atoms with Crippen molar-refractivity contribution in [1.29, 1.82) is 0 Å². The molecule has 0 fully saturated rings. The maximum absolute atomic E-state index is 12.2. The van der Waals surface area contributed by atoms with Gasteiger partial charge in [-0.25, -0.2) is 0 Å². The van der Waals surface area contributed by atoms with Crippen LogP contribution in [0.15, 0.2) is 97.2 Å². The zero-order chi connectivity index (χ0) is 42.1. The number of esters is 2. The third-order valence-corrected chi connectivity index (χ3v) is 9.89. The summed E-state index contributed by atoms with van der Waals surface area (Å²) in [6, 6.07) is 0. The van der Waals surface area contributed by atoms with Gasteiger partial charge in [-0.05, 0) is 77.0 Å². The van der Waals surface area contributed by atoms with Crippen LogP contribution < -0.4 is 0 Å². The van der Waals surface area contributed by atoms with Gasteiger partial charge in [0.05, 0.1) is 6.61 Å². The molecule has 0 aromatic heterocycles. The molecule has 330 valence electrons. The van der Waals surface area contributed by atoms with E-state index in [1.165, 1.54) is 103 Å². The van der Waals surface area contributed by atoms with Gasteiger partial charge in [0.25, 0.3) is 0 Å². The Hall–Kier alpha value is -3.18. The van der Waals surface area contributed by atoms with Crippen molar-refractivity contribution >= 4 is 11.9 Å². The van der Waals surface area contributed by atoms with Crippen molar-refractivity contribution < 1.29 is 24.2 Å². The molecule has 5 nitrogen and oxygen atoms in total. The molecule has 0 aromatic carbocycles. The van der Waals surface area contributed by atoms with Crippen LogP contribution in [-0.4, -0.2) is 36.4 Å². The average Bonchev–Trinajstić information content (AvgIpc) is 3.23. The summed E-state index contributed by atoms with van der Waals surface area (Å²) in [5.74, 6) is -0.687. The van der Waals surface area contributed by atoms with E-state index in [4.69, 9.17) is 9.47 Å². The van der Waals surface area contributed by atoms with Crippen LogP contribution in [-0.2, 0) is 19.1 Å². The van der Waals surface area contributed by atoms with Crippen LogP contribution in [0.3, 0.4) is 0 Å². The Bertz CT molecular complexity index is 1140. The third-order valence-electron chi connectivity index (χ3n) is 9.89. The number of ether oxygens (including phenoxy) is 2. The summed E-state index contributed by atoms with van der Waals surface area (Å²) in [7, 11) is 0. The summed E-state index contributed by atoms with van der Waals surface area (Å²) >= 11 is 0. The van der Waals surface area contributed by atoms with Gasteiger partial charge in [-0.3, -0.25) is 9.59 Å². The van der Waals surface area contributed by atoms with Gasteiger partial charge < -0.3 is 14.6 Å². The maximum atomic E-state index is 12.2. The van der Waals surface area contributed by atoms with E-state index in [-0.39, 0.29) is 31.6 Å². The SMILES string of the molecule is CC/C=C\C/C=C\C/C=C\C/C=C\CCCCCCCCCCCCCCCCCCCCC(=O)OC(CO)COC(=O)CC/C=C\C/C=C\C/C=C\C/C=C\CC. The number of allylic oxidation sites excluding steroid dienone is 16. The molecule has 1 atom stereocenters. The van der Waals surface area contributed by atoms with Crippen LogP contribution in [0.25, 0.3) is 0 Å². The number of hydrogen-bond acceptors (Lipinski definition) is 5. The quantitative estimate of drug-likeness (QED) is 0.0378. The number of carbonyl (C=O) groups excluding carboxylic acids is 2. The smallest absolute Gasteiger partial charge is 0.306 e. The maximum Gasteiger partial charge on any atom is 0.306 e. The number of aliphatic hydroxyl groups is 1. The Kier molecular flexibility index (Phi) is 45.5. The summed E-state index contributed by atoms with van der Waals surface area (Å²) in [6.07, 6.45) is 68.1. The van der Waals surface area contributed by atoms with Gasteiger partial charge in [0.2, 0.25) is 0 Å². The first-order valence-electron chi connectivity index (χ1n) is 23.8. The number of unbranched alkanes of at least 4 members (excludes halogenated alkanes) is 18. The van der Waals surface area contributed by atoms with Gasteiger partial charge in [-0.1, -0.05) is 214 Å². The second kappa shape index (κ2) is 48.2. The first kappa shape index (κ1) is 54.8. The highest BCUT2D eigenvalue weighted by Gasteiger charge is 2.16. The van der Waals surface area contributed by atoms with Gasteiger partial charge >= 0.3 is 11.9 Å². The van der Waals surface area contributed by atoms with E-state index in [2.05, 4.69) is 98.9 Å². The monoisotopic (exact) mass is 805 g/mol. The molecule has 0 aliphatic carbocycles. The molecule has 0 aliphatic rings. The lowest BCUT2D eigenvalue weighted by Crippen LogP contribution is -2.28. The average molecular weight is 805 g/mol. The zero-order valence-corrected chi connectivity index (χ0v) is 37.5. The fourth-order valence-electron chi connectivity index (χ4n) is 6.38. The van der Waals surface area contributed by atoms with Gasteiger partial charge in [-0.15, -0.1) is 0 Å². The molecule has 0 saturated heterocycles.